The van der Waals surface area contributed by atoms with E-state index in [0.717, 1.165) is 39.0 Å². The highest BCUT2D eigenvalue weighted by molar-refractivity contribution is 4.92. The maximum absolute atomic E-state index is 9.48. The molecule has 0 aromatic rings. The van der Waals surface area contributed by atoms with E-state index in [1.807, 2.05) is 0 Å². The van der Waals surface area contributed by atoms with Gasteiger partial charge in [-0.3, -0.25) is 0 Å². The van der Waals surface area contributed by atoms with Gasteiger partial charge in [0.15, 0.2) is 0 Å². The van der Waals surface area contributed by atoms with Crippen molar-refractivity contribution >= 4 is 0 Å². The lowest BCUT2D eigenvalue weighted by molar-refractivity contribution is 0.0736. The maximum atomic E-state index is 9.48. The van der Waals surface area contributed by atoms with Crippen molar-refractivity contribution in [1.29, 1.82) is 0 Å². The highest BCUT2D eigenvalue weighted by Gasteiger charge is 2.32. The molecule has 0 aliphatic carbocycles. The standard InChI is InChI=1S/C11H24N2O2/c1-3-13-7-4-11(10-14,5-8-13)12-6-9-15-2/h12,14H,3-10H2,1-2H3. The van der Waals surface area contributed by atoms with Gasteiger partial charge in [-0.2, -0.15) is 0 Å². The molecule has 4 nitrogen and oxygen atoms in total. The number of piperidine rings is 1. The van der Waals surface area contributed by atoms with Crippen LogP contribution in [0.1, 0.15) is 19.8 Å². The molecule has 1 rings (SSSR count). The number of hydrogen-bond donors (Lipinski definition) is 2. The molecule has 15 heavy (non-hydrogen) atoms. The zero-order valence-electron chi connectivity index (χ0n) is 9.96. The van der Waals surface area contributed by atoms with Crippen molar-refractivity contribution in [3.8, 4) is 0 Å². The molecule has 1 fully saturated rings. The summed E-state index contributed by atoms with van der Waals surface area (Å²) >= 11 is 0. The lowest BCUT2D eigenvalue weighted by Gasteiger charge is -2.41. The van der Waals surface area contributed by atoms with Crippen LogP contribution < -0.4 is 5.32 Å². The van der Waals surface area contributed by atoms with Crippen molar-refractivity contribution in [2.75, 3.05) is 46.5 Å². The first-order valence-electron chi connectivity index (χ1n) is 5.83. The fraction of sp³-hybridized carbons (Fsp3) is 1.00. The van der Waals surface area contributed by atoms with Crippen molar-refractivity contribution < 1.29 is 9.84 Å². The smallest absolute Gasteiger partial charge is 0.0614 e. The summed E-state index contributed by atoms with van der Waals surface area (Å²) in [4.78, 5) is 2.42. The van der Waals surface area contributed by atoms with Crippen LogP contribution in [0.25, 0.3) is 0 Å². The molecule has 1 saturated heterocycles. The molecule has 0 unspecified atom stereocenters. The molecule has 1 heterocycles. The van der Waals surface area contributed by atoms with Gasteiger partial charge in [-0.1, -0.05) is 6.92 Å². The Labute approximate surface area is 92.6 Å². The van der Waals surface area contributed by atoms with Crippen LogP contribution in [0.3, 0.4) is 0 Å². The van der Waals surface area contributed by atoms with E-state index in [1.54, 1.807) is 7.11 Å². The third-order valence-corrected chi connectivity index (χ3v) is 3.37. The summed E-state index contributed by atoms with van der Waals surface area (Å²) in [7, 11) is 1.70. The quantitative estimate of drug-likeness (QED) is 0.617. The predicted octanol–water partition coefficient (Wildman–Crippen LogP) is 0.0692. The Kier molecular flexibility index (Phi) is 5.53. The second-order valence-corrected chi connectivity index (χ2v) is 4.29. The molecule has 0 aromatic heterocycles. The van der Waals surface area contributed by atoms with Crippen molar-refractivity contribution in [3.63, 3.8) is 0 Å². The first-order chi connectivity index (χ1) is 7.26. The second-order valence-electron chi connectivity index (χ2n) is 4.29. The van der Waals surface area contributed by atoms with Gasteiger partial charge >= 0.3 is 0 Å². The number of methoxy groups -OCH3 is 1. The lowest BCUT2D eigenvalue weighted by atomic mass is 9.88. The Morgan fingerprint density at radius 3 is 2.53 bits per heavy atom. The lowest BCUT2D eigenvalue weighted by Crippen LogP contribution is -2.56. The predicted molar refractivity (Wildman–Crippen MR) is 61.0 cm³/mol. The van der Waals surface area contributed by atoms with Gasteiger partial charge in [-0.15, -0.1) is 0 Å². The summed E-state index contributed by atoms with van der Waals surface area (Å²) in [6.07, 6.45) is 2.06. The van der Waals surface area contributed by atoms with Gasteiger partial charge in [-0.25, -0.2) is 0 Å². The van der Waals surface area contributed by atoms with Gasteiger partial charge in [0.25, 0.3) is 0 Å². The molecule has 0 spiro atoms. The van der Waals surface area contributed by atoms with Crippen molar-refractivity contribution in [3.05, 3.63) is 0 Å². The van der Waals surface area contributed by atoms with Gasteiger partial charge in [0, 0.05) is 19.2 Å². The van der Waals surface area contributed by atoms with Crippen LogP contribution in [0, 0.1) is 0 Å². The molecular formula is C11H24N2O2. The average molecular weight is 216 g/mol. The fourth-order valence-electron chi connectivity index (χ4n) is 2.11. The Hall–Kier alpha value is -0.160. The highest BCUT2D eigenvalue weighted by Crippen LogP contribution is 2.21. The molecule has 1 aliphatic heterocycles. The summed E-state index contributed by atoms with van der Waals surface area (Å²) in [6, 6.07) is 0. The minimum absolute atomic E-state index is 0.0653. The van der Waals surface area contributed by atoms with Crippen LogP contribution in [-0.4, -0.2) is 62.0 Å². The van der Waals surface area contributed by atoms with Crippen LogP contribution in [-0.2, 0) is 4.74 Å². The number of rotatable bonds is 6. The Balaban J connectivity index is 2.34. The van der Waals surface area contributed by atoms with Crippen LogP contribution in [0.15, 0.2) is 0 Å². The molecule has 4 heteroatoms. The zero-order chi connectivity index (χ0) is 11.1. The van der Waals surface area contributed by atoms with Crippen molar-refractivity contribution in [2.24, 2.45) is 0 Å². The molecule has 2 N–H and O–H groups in total. The molecule has 0 radical (unpaired) electrons. The second kappa shape index (κ2) is 6.43. The number of hydrogen-bond acceptors (Lipinski definition) is 4. The van der Waals surface area contributed by atoms with E-state index in [1.165, 1.54) is 0 Å². The van der Waals surface area contributed by atoms with Crippen LogP contribution in [0.5, 0.6) is 0 Å². The minimum Gasteiger partial charge on any atom is -0.394 e. The number of aliphatic hydroxyl groups is 1. The first kappa shape index (κ1) is 12.9. The zero-order valence-corrected chi connectivity index (χ0v) is 9.96. The van der Waals surface area contributed by atoms with Crippen LogP contribution >= 0.6 is 0 Å². The Bertz CT molecular complexity index is 162. The maximum Gasteiger partial charge on any atom is 0.0614 e. The van der Waals surface area contributed by atoms with Gasteiger partial charge in [0.05, 0.1) is 13.2 Å². The number of nitrogens with zero attached hydrogens (tertiary/aromatic N) is 1. The Morgan fingerprint density at radius 1 is 1.40 bits per heavy atom. The van der Waals surface area contributed by atoms with Gasteiger partial charge in [0.2, 0.25) is 0 Å². The van der Waals surface area contributed by atoms with E-state index < -0.39 is 0 Å². The summed E-state index contributed by atoms with van der Waals surface area (Å²) in [5, 5.41) is 12.9. The molecule has 90 valence electrons. The molecule has 1 aliphatic rings. The van der Waals surface area contributed by atoms with Gasteiger partial charge in [-0.05, 0) is 32.5 Å². The van der Waals surface area contributed by atoms with Crippen LogP contribution in [0.4, 0.5) is 0 Å². The molecule has 0 saturated carbocycles. The number of likely N-dealkylation sites (tertiary alicyclic amines) is 1. The van der Waals surface area contributed by atoms with E-state index >= 15 is 0 Å². The van der Waals surface area contributed by atoms with Gasteiger partial charge in [0.1, 0.15) is 0 Å². The first-order valence-corrected chi connectivity index (χ1v) is 5.83. The number of nitrogens with one attached hydrogen (secondary N) is 1. The Morgan fingerprint density at radius 2 is 2.07 bits per heavy atom. The average Bonchev–Trinajstić information content (AvgIpc) is 2.30. The van der Waals surface area contributed by atoms with E-state index in [9.17, 15) is 5.11 Å². The number of aliphatic hydroxyl groups excluding tert-OH is 1. The summed E-state index contributed by atoms with van der Waals surface area (Å²) in [5.74, 6) is 0. The number of ether oxygens (including phenoxy) is 1. The fourth-order valence-corrected chi connectivity index (χ4v) is 2.11. The molecular weight excluding hydrogens is 192 g/mol. The third-order valence-electron chi connectivity index (χ3n) is 3.37. The normalized spacial score (nSPS) is 21.8. The minimum atomic E-state index is -0.0653. The molecule has 0 aromatic carbocycles. The van der Waals surface area contributed by atoms with Crippen LogP contribution in [0.2, 0.25) is 0 Å². The molecule has 0 bridgehead atoms. The highest BCUT2D eigenvalue weighted by atomic mass is 16.5. The monoisotopic (exact) mass is 216 g/mol. The van der Waals surface area contributed by atoms with Gasteiger partial charge < -0.3 is 20.1 Å². The van der Waals surface area contributed by atoms with E-state index in [2.05, 4.69) is 17.1 Å². The van der Waals surface area contributed by atoms with Crippen molar-refractivity contribution in [2.45, 2.75) is 25.3 Å². The summed E-state index contributed by atoms with van der Waals surface area (Å²) < 4.78 is 5.01. The molecule has 0 amide bonds. The van der Waals surface area contributed by atoms with E-state index in [-0.39, 0.29) is 12.1 Å². The van der Waals surface area contributed by atoms with E-state index in [0.29, 0.717) is 6.61 Å². The SMILES string of the molecule is CCN1CCC(CO)(NCCOC)CC1. The van der Waals surface area contributed by atoms with Crippen molar-refractivity contribution in [1.82, 2.24) is 10.2 Å². The third kappa shape index (κ3) is 3.72. The molecule has 0 atom stereocenters. The van der Waals surface area contributed by atoms with E-state index in [4.69, 9.17) is 4.74 Å². The summed E-state index contributed by atoms with van der Waals surface area (Å²) in [5.41, 5.74) is -0.0653. The topological polar surface area (TPSA) is 44.7 Å². The largest absolute Gasteiger partial charge is 0.394 e. The summed E-state index contributed by atoms with van der Waals surface area (Å²) in [6.45, 7) is 7.22.